The Bertz CT molecular complexity index is 410. The van der Waals surface area contributed by atoms with Crippen molar-refractivity contribution >= 4 is 17.0 Å². The summed E-state index contributed by atoms with van der Waals surface area (Å²) in [6, 6.07) is 0. The number of hydrogen-bond acceptors (Lipinski definition) is 0. The average Bonchev–Trinajstić information content (AvgIpc) is 3.17. The second kappa shape index (κ2) is 12.4. The third-order valence-electron chi connectivity index (χ3n) is 6.81. The van der Waals surface area contributed by atoms with Crippen molar-refractivity contribution in [2.24, 2.45) is 35.0 Å². The molecule has 0 heterocycles. The topological polar surface area (TPSA) is 0 Å². The van der Waals surface area contributed by atoms with Crippen molar-refractivity contribution in [2.45, 2.75) is 65.7 Å². The first-order valence-corrected chi connectivity index (χ1v) is 15.7. The Kier molecular flexibility index (Phi) is 12.9. The minimum absolute atomic E-state index is 0. The van der Waals surface area contributed by atoms with Gasteiger partial charge in [-0.25, -0.2) is 0 Å². The average molecular weight is 465 g/mol. The van der Waals surface area contributed by atoms with Gasteiger partial charge in [0.15, 0.2) is 0 Å². The molecule has 0 aromatic carbocycles. The molecule has 0 spiro atoms. The molecule has 0 amide bonds. The maximum absolute atomic E-state index is 4.93. The summed E-state index contributed by atoms with van der Waals surface area (Å²) < 4.78 is 0. The first-order chi connectivity index (χ1) is 11.1. The Morgan fingerprint density at radius 3 is 2.04 bits per heavy atom. The summed E-state index contributed by atoms with van der Waals surface area (Å²) in [5, 5.41) is 0. The fourth-order valence-electron chi connectivity index (χ4n) is 5.61. The molecule has 4 unspecified atom stereocenters. The Morgan fingerprint density at radius 1 is 1.00 bits per heavy atom. The van der Waals surface area contributed by atoms with E-state index in [0.717, 1.165) is 29.6 Å². The van der Waals surface area contributed by atoms with Crippen LogP contribution < -0.4 is 0 Å². The summed E-state index contributed by atoms with van der Waals surface area (Å²) in [6.07, 6.45) is 19.9. The molecule has 3 rings (SSSR count). The second-order valence-electron chi connectivity index (χ2n) is 8.19. The van der Waals surface area contributed by atoms with E-state index in [1.807, 2.05) is 0 Å². The summed E-state index contributed by atoms with van der Waals surface area (Å²) in [5.74, 6) is 4.50. The van der Waals surface area contributed by atoms with Gasteiger partial charge in [0.05, 0.1) is 0 Å². The molecule has 0 aromatic heterocycles. The van der Waals surface area contributed by atoms with Crippen LogP contribution in [-0.4, -0.2) is 0 Å². The normalized spacial score (nSPS) is 30.4. The molecule has 25 heavy (non-hydrogen) atoms. The number of fused-ring (bicyclic) bond motifs is 1. The van der Waals surface area contributed by atoms with Crippen LogP contribution in [0.2, 0.25) is 0 Å². The van der Waals surface area contributed by atoms with Gasteiger partial charge in [-0.15, -0.1) is 0 Å². The molecule has 0 saturated heterocycles. The van der Waals surface area contributed by atoms with E-state index in [1.54, 1.807) is 0 Å². The molecule has 0 aliphatic heterocycles. The van der Waals surface area contributed by atoms with Gasteiger partial charge in [-0.2, -0.15) is 0 Å². The van der Waals surface area contributed by atoms with Crippen LogP contribution in [0.25, 0.3) is 0 Å². The molecule has 3 aliphatic rings. The predicted octanol–water partition coefficient (Wildman–Crippen LogP) is 8.27. The van der Waals surface area contributed by atoms with E-state index in [-0.39, 0.29) is 14.9 Å². The SMILES string of the molecule is CCCC1CC(C(C)(C)C2CCCC2)C2C=CC=CC12.[CH3-].[CH3-].[Cl][Zr+2][Cl]. The Morgan fingerprint density at radius 2 is 1.52 bits per heavy atom. The molecule has 0 aromatic rings. The fraction of sp³-hybridized carbons (Fsp3) is 0.727. The summed E-state index contributed by atoms with van der Waals surface area (Å²) in [6.45, 7) is 7.53. The zero-order valence-corrected chi connectivity index (χ0v) is 20.9. The fourth-order valence-corrected chi connectivity index (χ4v) is 5.61. The van der Waals surface area contributed by atoms with Crippen molar-refractivity contribution < 1.29 is 20.8 Å². The standard InChI is InChI=1S/C20H32.2CH3.2ClH.Zr/c1-4-9-15-14-19(18-13-8-7-12-17(15)18)20(2,3)16-10-5-6-11-16;;;;;/h7-8,12-13,15-19H,4-6,9-11,14H2,1-3H3;2*1H3;2*1H;/q;2*-1;;;+4/p-2. The molecule has 0 bridgehead atoms. The minimum atomic E-state index is -0.826. The third-order valence-corrected chi connectivity index (χ3v) is 6.81. The zero-order chi connectivity index (χ0) is 16.9. The van der Waals surface area contributed by atoms with Crippen LogP contribution in [0.5, 0.6) is 0 Å². The van der Waals surface area contributed by atoms with Crippen LogP contribution in [0.1, 0.15) is 65.7 Å². The van der Waals surface area contributed by atoms with E-state index in [1.165, 1.54) is 44.9 Å². The van der Waals surface area contributed by atoms with Crippen LogP contribution in [0.3, 0.4) is 0 Å². The molecule has 0 nitrogen and oxygen atoms in total. The van der Waals surface area contributed by atoms with Gasteiger partial charge in [-0.05, 0) is 54.3 Å². The molecule has 3 heteroatoms. The monoisotopic (exact) mass is 462 g/mol. The molecule has 0 N–H and O–H groups in total. The predicted molar refractivity (Wildman–Crippen MR) is 112 cm³/mol. The van der Waals surface area contributed by atoms with Gasteiger partial charge in [-0.1, -0.05) is 70.8 Å². The quantitative estimate of drug-likeness (QED) is 0.367. The summed E-state index contributed by atoms with van der Waals surface area (Å²) in [4.78, 5) is 0. The molecular formula is C22H38Cl2Zr. The van der Waals surface area contributed by atoms with Crippen molar-refractivity contribution in [3.63, 3.8) is 0 Å². The van der Waals surface area contributed by atoms with Crippen LogP contribution in [-0.2, 0) is 20.8 Å². The Balaban J connectivity index is 0.00000108. The van der Waals surface area contributed by atoms with Crippen LogP contribution in [0, 0.1) is 49.9 Å². The zero-order valence-electron chi connectivity index (χ0n) is 16.9. The van der Waals surface area contributed by atoms with Gasteiger partial charge in [0, 0.05) is 0 Å². The van der Waals surface area contributed by atoms with Gasteiger partial charge in [0.2, 0.25) is 0 Å². The van der Waals surface area contributed by atoms with Gasteiger partial charge >= 0.3 is 37.9 Å². The van der Waals surface area contributed by atoms with Gasteiger partial charge in [0.25, 0.3) is 0 Å². The Hall–Kier alpha value is 0.943. The van der Waals surface area contributed by atoms with Crippen molar-refractivity contribution in [1.29, 1.82) is 0 Å². The second-order valence-corrected chi connectivity index (χ2v) is 11.9. The molecule has 2 fully saturated rings. The van der Waals surface area contributed by atoms with Crippen molar-refractivity contribution in [3.05, 3.63) is 39.2 Å². The molecule has 0 radical (unpaired) electrons. The van der Waals surface area contributed by atoms with Gasteiger partial charge in [-0.3, -0.25) is 0 Å². The molecule has 4 atom stereocenters. The van der Waals surface area contributed by atoms with Crippen molar-refractivity contribution in [2.75, 3.05) is 0 Å². The van der Waals surface area contributed by atoms with E-state index < -0.39 is 20.8 Å². The van der Waals surface area contributed by atoms with Gasteiger partial charge in [0.1, 0.15) is 0 Å². The molecule has 3 aliphatic carbocycles. The van der Waals surface area contributed by atoms with E-state index in [4.69, 9.17) is 17.0 Å². The first kappa shape index (κ1) is 25.9. The van der Waals surface area contributed by atoms with Crippen LogP contribution in [0.4, 0.5) is 0 Å². The number of allylic oxidation sites excluding steroid dienone is 4. The summed E-state index contributed by atoms with van der Waals surface area (Å²) in [7, 11) is 9.87. The van der Waals surface area contributed by atoms with Crippen molar-refractivity contribution in [1.82, 2.24) is 0 Å². The van der Waals surface area contributed by atoms with Crippen molar-refractivity contribution in [3.8, 4) is 0 Å². The number of hydrogen-bond donors (Lipinski definition) is 0. The first-order valence-electron chi connectivity index (χ1n) is 9.37. The number of rotatable bonds is 4. The van der Waals surface area contributed by atoms with Crippen LogP contribution in [0.15, 0.2) is 24.3 Å². The van der Waals surface area contributed by atoms with E-state index >= 15 is 0 Å². The third kappa shape index (κ3) is 6.22. The van der Waals surface area contributed by atoms with E-state index in [2.05, 4.69) is 45.1 Å². The van der Waals surface area contributed by atoms with E-state index in [0.29, 0.717) is 5.41 Å². The summed E-state index contributed by atoms with van der Waals surface area (Å²) >= 11 is -0.826. The summed E-state index contributed by atoms with van der Waals surface area (Å²) in [5.41, 5.74) is 0.539. The van der Waals surface area contributed by atoms with Gasteiger partial charge < -0.3 is 14.9 Å². The maximum atomic E-state index is 4.93. The molecule has 2 saturated carbocycles. The molecular weight excluding hydrogens is 426 g/mol. The van der Waals surface area contributed by atoms with Crippen LogP contribution >= 0.6 is 17.0 Å². The Labute approximate surface area is 176 Å². The van der Waals surface area contributed by atoms with E-state index in [9.17, 15) is 0 Å². The number of halogens is 2. The molecule has 144 valence electrons.